The molecule has 4 heterocycles. The second kappa shape index (κ2) is 15.2. The van der Waals surface area contributed by atoms with Gasteiger partial charge in [-0.05, 0) is 58.9 Å². The summed E-state index contributed by atoms with van der Waals surface area (Å²) in [6.07, 6.45) is 3.11. The lowest BCUT2D eigenvalue weighted by Crippen LogP contribution is -2.40. The van der Waals surface area contributed by atoms with Gasteiger partial charge in [0.05, 0.1) is 48.7 Å². The molecule has 0 atom stereocenters. The van der Waals surface area contributed by atoms with Crippen LogP contribution in [0.15, 0.2) is 54.9 Å². The molecule has 1 amide bonds. The zero-order valence-corrected chi connectivity index (χ0v) is 31.3. The summed E-state index contributed by atoms with van der Waals surface area (Å²) in [5, 5.41) is 8.85. The zero-order chi connectivity index (χ0) is 36.3. The Kier molecular flexibility index (Phi) is 11.2. The summed E-state index contributed by atoms with van der Waals surface area (Å²) >= 11 is 14.2. The number of carbonyl (C=O) groups excluding carboxylic acids is 1. The van der Waals surface area contributed by atoms with E-state index < -0.39 is 11.7 Å². The van der Waals surface area contributed by atoms with Gasteiger partial charge in [-0.1, -0.05) is 55.2 Å². The van der Waals surface area contributed by atoms with Crippen LogP contribution >= 0.6 is 23.2 Å². The summed E-state index contributed by atoms with van der Waals surface area (Å²) in [5.74, 6) is 1.56. The summed E-state index contributed by atoms with van der Waals surface area (Å²) in [6.45, 7) is 14.3. The highest BCUT2D eigenvalue weighted by Crippen LogP contribution is 2.42. The van der Waals surface area contributed by atoms with Crippen LogP contribution in [0, 0.1) is 0 Å². The Bertz CT molecular complexity index is 2010. The van der Waals surface area contributed by atoms with Crippen molar-refractivity contribution < 1.29 is 19.0 Å². The van der Waals surface area contributed by atoms with Gasteiger partial charge in [-0.2, -0.15) is 0 Å². The van der Waals surface area contributed by atoms with Crippen molar-refractivity contribution in [3.8, 4) is 45.3 Å². The van der Waals surface area contributed by atoms with Crippen LogP contribution in [0.2, 0.25) is 10.0 Å². The molecule has 0 fully saturated rings. The van der Waals surface area contributed by atoms with Gasteiger partial charge < -0.3 is 24.4 Å². The number of hydrogen-bond acceptors (Lipinski definition) is 9. The molecular formula is C37H43Cl2N7O4. The van der Waals surface area contributed by atoms with Crippen LogP contribution < -0.4 is 14.8 Å². The van der Waals surface area contributed by atoms with Crippen LogP contribution in [0.4, 0.5) is 4.79 Å². The summed E-state index contributed by atoms with van der Waals surface area (Å²) in [4.78, 5) is 28.7. The first kappa shape index (κ1) is 36.8. The minimum absolute atomic E-state index is 0.112. The molecule has 0 bridgehead atoms. The maximum absolute atomic E-state index is 13.0. The number of methoxy groups -OCH3 is 2. The van der Waals surface area contributed by atoms with Gasteiger partial charge in [-0.25, -0.2) is 19.3 Å². The lowest BCUT2D eigenvalue weighted by molar-refractivity contribution is 0.0170. The number of hydrogen-bond donors (Lipinski definition) is 1. The second-order valence-corrected chi connectivity index (χ2v) is 14.1. The Morgan fingerprint density at radius 3 is 2.34 bits per heavy atom. The first-order chi connectivity index (χ1) is 23.7. The number of nitrogens with one attached hydrogen (secondary N) is 1. The van der Waals surface area contributed by atoms with E-state index >= 15 is 0 Å². The van der Waals surface area contributed by atoms with Crippen molar-refractivity contribution >= 4 is 34.9 Å². The molecule has 5 rings (SSSR count). The fourth-order valence-electron chi connectivity index (χ4n) is 5.32. The highest BCUT2D eigenvalue weighted by atomic mass is 35.5. The molecule has 13 heteroatoms. The van der Waals surface area contributed by atoms with E-state index in [1.807, 2.05) is 83.3 Å². The third-order valence-corrected chi connectivity index (χ3v) is 8.57. The molecule has 0 aliphatic carbocycles. The van der Waals surface area contributed by atoms with Crippen LogP contribution in [0.1, 0.15) is 59.9 Å². The molecule has 5 aromatic rings. The number of rotatable bonds is 11. The molecule has 50 heavy (non-hydrogen) atoms. The molecule has 11 nitrogen and oxygen atoms in total. The van der Waals surface area contributed by atoms with E-state index in [4.69, 9.17) is 42.4 Å². The minimum atomic E-state index is -0.622. The average molecular weight is 721 g/mol. The fourth-order valence-corrected chi connectivity index (χ4v) is 5.97. The first-order valence-corrected chi connectivity index (χ1v) is 17.1. The molecular weight excluding hydrogens is 677 g/mol. The van der Waals surface area contributed by atoms with Gasteiger partial charge >= 0.3 is 6.09 Å². The molecule has 0 unspecified atom stereocenters. The largest absolute Gasteiger partial charge is 0.493 e. The molecule has 0 radical (unpaired) electrons. The summed E-state index contributed by atoms with van der Waals surface area (Å²) in [7, 11) is 3.14. The molecule has 0 saturated heterocycles. The van der Waals surface area contributed by atoms with Gasteiger partial charge in [0.2, 0.25) is 5.88 Å². The Labute approximate surface area is 302 Å². The maximum Gasteiger partial charge on any atom is 0.410 e. The van der Waals surface area contributed by atoms with E-state index in [1.54, 1.807) is 29.8 Å². The highest BCUT2D eigenvalue weighted by molar-refractivity contribution is 6.39. The Hall–Kier alpha value is -4.45. The number of fused-ring (bicyclic) bond motifs is 1. The van der Waals surface area contributed by atoms with Crippen LogP contribution in [0.3, 0.4) is 0 Å². The lowest BCUT2D eigenvalue weighted by atomic mass is 10.00. The number of benzene rings is 1. The number of halogens is 2. The summed E-state index contributed by atoms with van der Waals surface area (Å²) in [6, 6.07) is 13.3. The zero-order valence-electron chi connectivity index (χ0n) is 29.8. The van der Waals surface area contributed by atoms with Crippen molar-refractivity contribution in [3.63, 3.8) is 0 Å². The number of pyridine rings is 3. The van der Waals surface area contributed by atoms with Crippen LogP contribution in [0.5, 0.6) is 11.6 Å². The second-order valence-electron chi connectivity index (χ2n) is 13.4. The van der Waals surface area contributed by atoms with E-state index in [-0.39, 0.29) is 12.6 Å². The summed E-state index contributed by atoms with van der Waals surface area (Å²) in [5.41, 5.74) is 4.61. The number of amides is 1. The predicted octanol–water partition coefficient (Wildman–Crippen LogP) is 8.49. The molecule has 4 aromatic heterocycles. The molecule has 0 saturated carbocycles. The van der Waals surface area contributed by atoms with Gasteiger partial charge in [0.25, 0.3) is 0 Å². The third-order valence-electron chi connectivity index (χ3n) is 7.78. The fraction of sp³-hybridized carbons (Fsp3) is 0.378. The molecule has 0 aliphatic heterocycles. The molecule has 0 spiro atoms. The van der Waals surface area contributed by atoms with Gasteiger partial charge in [0, 0.05) is 52.3 Å². The van der Waals surface area contributed by atoms with Gasteiger partial charge in [-0.3, -0.25) is 4.98 Å². The third kappa shape index (κ3) is 8.12. The standard InChI is InChI=1S/C37H43Cl2N7O4/c1-21(2)41-18-30-43-34-29(48-8)17-24(20-46(34)44-30)33-32(39)26(15-16-40-33)25-11-10-12-27(31(25)38)28-14-13-23(35(42-28)49-9)19-45(22(3)4)36(47)50-37(5,6)7/h10-17,20-22,41H,18-19H2,1-9H3. The van der Waals surface area contributed by atoms with Crippen molar-refractivity contribution in [2.24, 2.45) is 0 Å². The van der Waals surface area contributed by atoms with Crippen LogP contribution in [-0.2, 0) is 17.8 Å². The monoisotopic (exact) mass is 719 g/mol. The number of ether oxygens (including phenoxy) is 3. The Morgan fingerprint density at radius 1 is 0.960 bits per heavy atom. The van der Waals surface area contributed by atoms with E-state index in [2.05, 4.69) is 34.2 Å². The Morgan fingerprint density at radius 2 is 1.68 bits per heavy atom. The van der Waals surface area contributed by atoms with Gasteiger partial charge in [0.15, 0.2) is 17.2 Å². The minimum Gasteiger partial charge on any atom is -0.493 e. The molecule has 0 aliphatic rings. The van der Waals surface area contributed by atoms with E-state index in [0.717, 1.165) is 5.56 Å². The van der Waals surface area contributed by atoms with Gasteiger partial charge in [-0.15, -0.1) is 5.10 Å². The average Bonchev–Trinajstić information content (AvgIpc) is 3.48. The smallest absolute Gasteiger partial charge is 0.410 e. The first-order valence-electron chi connectivity index (χ1n) is 16.3. The summed E-state index contributed by atoms with van der Waals surface area (Å²) < 4.78 is 18.7. The van der Waals surface area contributed by atoms with Crippen molar-refractivity contribution in [1.29, 1.82) is 0 Å². The van der Waals surface area contributed by atoms with E-state index in [0.29, 0.717) is 79.4 Å². The predicted molar refractivity (Wildman–Crippen MR) is 197 cm³/mol. The lowest BCUT2D eigenvalue weighted by Gasteiger charge is -2.30. The SMILES string of the molecule is COc1nc(-c2cccc(-c3ccnc(-c4cc(OC)c5nc(CNC(C)C)nn5c4)c3Cl)c2Cl)ccc1CN(C(=O)OC(C)(C)C)C(C)C. The normalized spacial score (nSPS) is 11.8. The van der Waals surface area contributed by atoms with E-state index in [9.17, 15) is 4.79 Å². The quantitative estimate of drug-likeness (QED) is 0.143. The highest BCUT2D eigenvalue weighted by Gasteiger charge is 2.26. The van der Waals surface area contributed by atoms with Gasteiger partial charge in [0.1, 0.15) is 5.60 Å². The Balaban J connectivity index is 1.49. The van der Waals surface area contributed by atoms with Crippen molar-refractivity contribution in [1.82, 2.24) is 34.8 Å². The molecule has 264 valence electrons. The number of aromatic nitrogens is 5. The number of carbonyl (C=O) groups is 1. The van der Waals surface area contributed by atoms with Crippen LogP contribution in [-0.4, -0.2) is 67.5 Å². The molecule has 1 aromatic carbocycles. The van der Waals surface area contributed by atoms with E-state index in [1.165, 1.54) is 0 Å². The van der Waals surface area contributed by atoms with Crippen molar-refractivity contribution in [3.05, 3.63) is 76.3 Å². The number of nitrogens with zero attached hydrogens (tertiary/aromatic N) is 6. The van der Waals surface area contributed by atoms with Crippen molar-refractivity contribution in [2.45, 2.75) is 79.2 Å². The topological polar surface area (TPSA) is 116 Å². The van der Waals surface area contributed by atoms with Crippen molar-refractivity contribution in [2.75, 3.05) is 14.2 Å². The molecule has 1 N–H and O–H groups in total. The maximum atomic E-state index is 13.0. The van der Waals surface area contributed by atoms with Crippen LogP contribution in [0.25, 0.3) is 39.3 Å².